The van der Waals surface area contributed by atoms with Crippen molar-refractivity contribution in [1.82, 2.24) is 15.0 Å². The second kappa shape index (κ2) is 8.97. The highest BCUT2D eigenvalue weighted by Crippen LogP contribution is 2.25. The fourth-order valence-corrected chi connectivity index (χ4v) is 3.10. The fourth-order valence-electron chi connectivity index (χ4n) is 3.10. The molecule has 0 atom stereocenters. The van der Waals surface area contributed by atoms with E-state index in [1.807, 2.05) is 54.6 Å². The van der Waals surface area contributed by atoms with Gasteiger partial charge >= 0.3 is 0 Å². The van der Waals surface area contributed by atoms with Gasteiger partial charge in [0.2, 0.25) is 0 Å². The Kier molecular flexibility index (Phi) is 5.76. The highest BCUT2D eigenvalue weighted by Gasteiger charge is 2.09. The summed E-state index contributed by atoms with van der Waals surface area (Å²) in [5.74, 6) is 2.21. The molecule has 0 radical (unpaired) electrons. The zero-order valence-corrected chi connectivity index (χ0v) is 16.3. The number of anilines is 3. The van der Waals surface area contributed by atoms with Crippen LogP contribution in [0.2, 0.25) is 0 Å². The molecule has 0 saturated carbocycles. The molecule has 0 bridgehead atoms. The number of pyridine rings is 1. The van der Waals surface area contributed by atoms with Gasteiger partial charge in [-0.15, -0.1) is 0 Å². The lowest BCUT2D eigenvalue weighted by Crippen LogP contribution is -2.06. The zero-order valence-electron chi connectivity index (χ0n) is 16.3. The minimum absolute atomic E-state index is 0.665. The smallest absolute Gasteiger partial charge is 0.163 e. The van der Waals surface area contributed by atoms with Crippen LogP contribution in [0.25, 0.3) is 11.4 Å². The van der Waals surface area contributed by atoms with E-state index < -0.39 is 0 Å². The molecule has 0 fully saturated rings. The largest absolute Gasteiger partial charge is 0.366 e. The second-order valence-corrected chi connectivity index (χ2v) is 6.67. The molecular formula is C24H23N5. The molecular weight excluding hydrogens is 358 g/mol. The summed E-state index contributed by atoms with van der Waals surface area (Å²) in [6, 6.07) is 24.2. The van der Waals surface area contributed by atoms with Gasteiger partial charge in [0.15, 0.2) is 5.82 Å². The van der Waals surface area contributed by atoms with Gasteiger partial charge in [0.05, 0.1) is 0 Å². The van der Waals surface area contributed by atoms with Gasteiger partial charge in [-0.3, -0.25) is 4.98 Å². The third kappa shape index (κ3) is 4.76. The topological polar surface area (TPSA) is 62.7 Å². The van der Waals surface area contributed by atoms with Crippen LogP contribution in [-0.4, -0.2) is 15.0 Å². The molecule has 5 heteroatoms. The summed E-state index contributed by atoms with van der Waals surface area (Å²) in [5.41, 5.74) is 4.43. The van der Waals surface area contributed by atoms with Gasteiger partial charge in [-0.05, 0) is 35.7 Å². The molecule has 0 saturated heterocycles. The van der Waals surface area contributed by atoms with E-state index in [1.165, 1.54) is 5.56 Å². The maximum atomic E-state index is 4.76. The zero-order chi connectivity index (χ0) is 19.9. The molecule has 0 spiro atoms. The van der Waals surface area contributed by atoms with Crippen molar-refractivity contribution >= 4 is 17.3 Å². The molecule has 2 N–H and O–H groups in total. The third-order valence-electron chi connectivity index (χ3n) is 4.64. The summed E-state index contributed by atoms with van der Waals surface area (Å²) >= 11 is 0. The normalized spacial score (nSPS) is 10.5. The quantitative estimate of drug-likeness (QED) is 0.445. The number of para-hydroxylation sites is 1. The van der Waals surface area contributed by atoms with E-state index in [-0.39, 0.29) is 0 Å². The van der Waals surface area contributed by atoms with E-state index in [0.29, 0.717) is 12.4 Å². The molecule has 2 aromatic heterocycles. The number of benzene rings is 2. The molecule has 0 aliphatic rings. The lowest BCUT2D eigenvalue weighted by Gasteiger charge is -2.13. The van der Waals surface area contributed by atoms with Crippen molar-refractivity contribution in [2.24, 2.45) is 0 Å². The van der Waals surface area contributed by atoms with E-state index in [4.69, 9.17) is 9.97 Å². The first-order valence-corrected chi connectivity index (χ1v) is 9.74. The monoisotopic (exact) mass is 381 g/mol. The summed E-state index contributed by atoms with van der Waals surface area (Å²) in [6.45, 7) is 2.82. The van der Waals surface area contributed by atoms with E-state index in [2.05, 4.69) is 40.7 Å². The Bertz CT molecular complexity index is 1060. The summed E-state index contributed by atoms with van der Waals surface area (Å²) in [4.78, 5) is 13.6. The average molecular weight is 381 g/mol. The van der Waals surface area contributed by atoms with Crippen molar-refractivity contribution in [3.63, 3.8) is 0 Å². The highest BCUT2D eigenvalue weighted by atomic mass is 15.1. The number of nitrogens with zero attached hydrogens (tertiary/aromatic N) is 3. The summed E-state index contributed by atoms with van der Waals surface area (Å²) < 4.78 is 0. The number of aryl methyl sites for hydroxylation is 1. The molecule has 0 amide bonds. The predicted octanol–water partition coefficient (Wildman–Crippen LogP) is 5.46. The highest BCUT2D eigenvalue weighted by molar-refractivity contribution is 5.66. The number of aromatic nitrogens is 3. The maximum absolute atomic E-state index is 4.76. The Morgan fingerprint density at radius 3 is 2.31 bits per heavy atom. The molecule has 5 nitrogen and oxygen atoms in total. The van der Waals surface area contributed by atoms with Crippen molar-refractivity contribution in [1.29, 1.82) is 0 Å². The van der Waals surface area contributed by atoms with Gasteiger partial charge in [-0.2, -0.15) is 0 Å². The van der Waals surface area contributed by atoms with Crippen LogP contribution in [0, 0.1) is 0 Å². The maximum Gasteiger partial charge on any atom is 0.163 e. The molecule has 29 heavy (non-hydrogen) atoms. The number of nitrogens with one attached hydrogen (secondary N) is 2. The fraction of sp³-hybridized carbons (Fsp3) is 0.125. The van der Waals surface area contributed by atoms with Crippen LogP contribution in [0.5, 0.6) is 0 Å². The Morgan fingerprint density at radius 1 is 0.793 bits per heavy atom. The Balaban J connectivity index is 1.66. The van der Waals surface area contributed by atoms with E-state index in [0.717, 1.165) is 34.9 Å². The minimum Gasteiger partial charge on any atom is -0.366 e. The van der Waals surface area contributed by atoms with Crippen molar-refractivity contribution in [2.75, 3.05) is 10.6 Å². The van der Waals surface area contributed by atoms with Crippen LogP contribution >= 0.6 is 0 Å². The molecule has 2 heterocycles. The van der Waals surface area contributed by atoms with Crippen LogP contribution in [0.1, 0.15) is 18.1 Å². The minimum atomic E-state index is 0.665. The third-order valence-corrected chi connectivity index (χ3v) is 4.64. The first kappa shape index (κ1) is 18.6. The summed E-state index contributed by atoms with van der Waals surface area (Å²) in [6.07, 6.45) is 4.54. The molecule has 0 unspecified atom stereocenters. The Morgan fingerprint density at radius 2 is 1.52 bits per heavy atom. The lowest BCUT2D eigenvalue weighted by atomic mass is 10.1. The first-order chi connectivity index (χ1) is 14.3. The van der Waals surface area contributed by atoms with Gasteiger partial charge in [-0.25, -0.2) is 9.97 Å². The Hall–Kier alpha value is -3.73. The summed E-state index contributed by atoms with van der Waals surface area (Å²) in [7, 11) is 0. The van der Waals surface area contributed by atoms with Crippen molar-refractivity contribution in [3.8, 4) is 11.4 Å². The van der Waals surface area contributed by atoms with Crippen LogP contribution in [0.4, 0.5) is 17.3 Å². The number of hydrogen-bond donors (Lipinski definition) is 2. The van der Waals surface area contributed by atoms with E-state index in [9.17, 15) is 0 Å². The molecule has 0 aliphatic carbocycles. The predicted molar refractivity (Wildman–Crippen MR) is 118 cm³/mol. The first-order valence-electron chi connectivity index (χ1n) is 9.74. The second-order valence-electron chi connectivity index (χ2n) is 6.67. The van der Waals surface area contributed by atoms with E-state index in [1.54, 1.807) is 12.4 Å². The molecule has 2 aromatic carbocycles. The molecule has 4 rings (SSSR count). The van der Waals surface area contributed by atoms with Gasteiger partial charge in [0.1, 0.15) is 11.6 Å². The van der Waals surface area contributed by atoms with Crippen molar-refractivity contribution in [3.05, 3.63) is 96.3 Å². The van der Waals surface area contributed by atoms with Crippen LogP contribution in [-0.2, 0) is 13.0 Å². The van der Waals surface area contributed by atoms with Gasteiger partial charge < -0.3 is 10.6 Å². The SMILES string of the molecule is CCc1ccccc1Nc1cc(NCc2ccncc2)nc(-c2ccccc2)n1. The summed E-state index contributed by atoms with van der Waals surface area (Å²) in [5, 5.41) is 6.88. The standard InChI is InChI=1S/C24H23N5/c1-2-19-8-6-7-11-21(19)27-23-16-22(26-17-18-12-14-25-15-13-18)28-24(29-23)20-9-4-3-5-10-20/h3-16H,2,17H2,1H3,(H2,26,27,28,29). The average Bonchev–Trinajstić information content (AvgIpc) is 2.79. The molecule has 0 aliphatic heterocycles. The van der Waals surface area contributed by atoms with Crippen molar-refractivity contribution in [2.45, 2.75) is 19.9 Å². The number of rotatable bonds is 7. The van der Waals surface area contributed by atoms with Gasteiger partial charge in [-0.1, -0.05) is 55.5 Å². The Labute approximate surface area is 170 Å². The van der Waals surface area contributed by atoms with Crippen LogP contribution in [0.3, 0.4) is 0 Å². The molecule has 144 valence electrons. The van der Waals surface area contributed by atoms with Crippen LogP contribution < -0.4 is 10.6 Å². The van der Waals surface area contributed by atoms with E-state index >= 15 is 0 Å². The number of hydrogen-bond acceptors (Lipinski definition) is 5. The molecule has 4 aromatic rings. The van der Waals surface area contributed by atoms with Crippen molar-refractivity contribution < 1.29 is 0 Å². The van der Waals surface area contributed by atoms with Crippen LogP contribution in [0.15, 0.2) is 85.2 Å². The van der Waals surface area contributed by atoms with Gasteiger partial charge in [0.25, 0.3) is 0 Å². The van der Waals surface area contributed by atoms with Gasteiger partial charge in [0, 0.05) is 36.3 Å². The lowest BCUT2D eigenvalue weighted by molar-refractivity contribution is 1.08.